The summed E-state index contributed by atoms with van der Waals surface area (Å²) in [4.78, 5) is 36.4. The smallest absolute Gasteiger partial charge is 0.348 e. The summed E-state index contributed by atoms with van der Waals surface area (Å²) in [6, 6.07) is 1.41. The number of nitrogens with zero attached hydrogens (tertiary/aromatic N) is 3. The first kappa shape index (κ1) is 14.4. The van der Waals surface area contributed by atoms with Gasteiger partial charge >= 0.3 is 17.3 Å². The van der Waals surface area contributed by atoms with Gasteiger partial charge in [-0.1, -0.05) is 0 Å². The van der Waals surface area contributed by atoms with Crippen LogP contribution in [0.2, 0.25) is 0 Å². The zero-order chi connectivity index (χ0) is 15.6. The molecule has 3 N–H and O–H groups in total. The van der Waals surface area contributed by atoms with Crippen LogP contribution in [-0.4, -0.2) is 20.4 Å². The van der Waals surface area contributed by atoms with E-state index in [1.165, 1.54) is 6.07 Å². The quantitative estimate of drug-likeness (QED) is 0.340. The van der Waals surface area contributed by atoms with Crippen molar-refractivity contribution in [2.45, 2.75) is 13.5 Å². The number of nitrogens with two attached hydrogens (primary N) is 1. The first-order valence-corrected chi connectivity index (χ1v) is 5.73. The van der Waals surface area contributed by atoms with Crippen molar-refractivity contribution in [3.05, 3.63) is 56.1 Å². The van der Waals surface area contributed by atoms with E-state index in [-0.39, 0.29) is 18.0 Å². The summed E-state index contributed by atoms with van der Waals surface area (Å²) in [5, 5.41) is 10.7. The number of hydrogen-bond acceptors (Lipinski definition) is 7. The maximum atomic E-state index is 11.6. The minimum absolute atomic E-state index is 0.0132. The van der Waals surface area contributed by atoms with E-state index >= 15 is 0 Å². The SMILES string of the molecule is Cc1oc(C(=O)NN)cc1Cn1cc([N+](=O)[O-])cnc1=O. The van der Waals surface area contributed by atoms with E-state index in [2.05, 4.69) is 4.98 Å². The van der Waals surface area contributed by atoms with Gasteiger partial charge in [0.1, 0.15) is 12.0 Å². The normalized spacial score (nSPS) is 10.4. The summed E-state index contributed by atoms with van der Waals surface area (Å²) in [6.07, 6.45) is 1.96. The maximum Gasteiger partial charge on any atom is 0.348 e. The predicted octanol–water partition coefficient (Wildman–Crippen LogP) is -0.295. The summed E-state index contributed by atoms with van der Waals surface area (Å²) in [7, 11) is 0. The molecule has 0 aromatic carbocycles. The molecule has 2 rings (SSSR count). The third-order valence-corrected chi connectivity index (χ3v) is 2.77. The van der Waals surface area contributed by atoms with E-state index in [9.17, 15) is 19.7 Å². The number of rotatable bonds is 4. The molecule has 10 nitrogen and oxygen atoms in total. The van der Waals surface area contributed by atoms with Crippen LogP contribution in [0, 0.1) is 17.0 Å². The number of aryl methyl sites for hydroxylation is 1. The first-order valence-electron chi connectivity index (χ1n) is 5.73. The lowest BCUT2D eigenvalue weighted by molar-refractivity contribution is -0.385. The molecule has 2 aromatic rings. The van der Waals surface area contributed by atoms with Crippen LogP contribution in [0.4, 0.5) is 5.69 Å². The van der Waals surface area contributed by atoms with Crippen LogP contribution in [0.25, 0.3) is 0 Å². The van der Waals surface area contributed by atoms with Gasteiger partial charge in [-0.15, -0.1) is 0 Å². The van der Waals surface area contributed by atoms with Gasteiger partial charge in [0.2, 0.25) is 0 Å². The summed E-state index contributed by atoms with van der Waals surface area (Å²) >= 11 is 0. The fourth-order valence-corrected chi connectivity index (χ4v) is 1.69. The van der Waals surface area contributed by atoms with Gasteiger partial charge in [-0.2, -0.15) is 4.98 Å². The van der Waals surface area contributed by atoms with E-state index in [1.54, 1.807) is 6.92 Å². The number of carbonyl (C=O) groups is 1. The Hall–Kier alpha value is -3.01. The number of amides is 1. The van der Waals surface area contributed by atoms with Crippen molar-refractivity contribution in [3.8, 4) is 0 Å². The molecule has 0 atom stereocenters. The monoisotopic (exact) mass is 293 g/mol. The average molecular weight is 293 g/mol. The highest BCUT2D eigenvalue weighted by molar-refractivity contribution is 5.91. The Morgan fingerprint density at radius 1 is 1.62 bits per heavy atom. The van der Waals surface area contributed by atoms with Crippen LogP contribution in [0.1, 0.15) is 21.9 Å². The molecule has 0 unspecified atom stereocenters. The number of aromatic nitrogens is 2. The molecular formula is C11H11N5O5. The Morgan fingerprint density at radius 2 is 2.33 bits per heavy atom. The molecule has 0 aliphatic heterocycles. The van der Waals surface area contributed by atoms with Crippen molar-refractivity contribution in [2.24, 2.45) is 5.84 Å². The summed E-state index contributed by atoms with van der Waals surface area (Å²) in [6.45, 7) is 1.58. The molecule has 21 heavy (non-hydrogen) atoms. The Bertz CT molecular complexity index is 763. The molecule has 1 amide bonds. The van der Waals surface area contributed by atoms with Gasteiger partial charge in [-0.05, 0) is 13.0 Å². The molecule has 10 heteroatoms. The standard InChI is InChI=1S/C11H11N5O5/c1-6-7(2-9(21-6)10(17)14-12)4-15-5-8(16(19)20)3-13-11(15)18/h2-3,5H,4,12H2,1H3,(H,14,17). The Kier molecular flexibility index (Phi) is 3.80. The first-order chi connectivity index (χ1) is 9.92. The highest BCUT2D eigenvalue weighted by Crippen LogP contribution is 2.16. The van der Waals surface area contributed by atoms with Crippen LogP contribution in [0.3, 0.4) is 0 Å². The van der Waals surface area contributed by atoms with Gasteiger partial charge in [-0.25, -0.2) is 10.6 Å². The van der Waals surface area contributed by atoms with Crippen LogP contribution >= 0.6 is 0 Å². The second-order valence-corrected chi connectivity index (χ2v) is 4.15. The number of nitrogens with one attached hydrogen (secondary N) is 1. The van der Waals surface area contributed by atoms with Gasteiger partial charge in [0.25, 0.3) is 0 Å². The average Bonchev–Trinajstić information content (AvgIpc) is 2.81. The van der Waals surface area contributed by atoms with Crippen molar-refractivity contribution in [3.63, 3.8) is 0 Å². The molecule has 2 heterocycles. The molecule has 0 saturated carbocycles. The fraction of sp³-hybridized carbons (Fsp3) is 0.182. The minimum atomic E-state index is -0.654. The van der Waals surface area contributed by atoms with Crippen LogP contribution in [-0.2, 0) is 6.54 Å². The molecule has 2 aromatic heterocycles. The van der Waals surface area contributed by atoms with Gasteiger partial charge < -0.3 is 4.42 Å². The maximum absolute atomic E-state index is 11.6. The molecule has 110 valence electrons. The van der Waals surface area contributed by atoms with Crippen molar-refractivity contribution >= 4 is 11.6 Å². The van der Waals surface area contributed by atoms with Crippen LogP contribution < -0.4 is 17.0 Å². The highest BCUT2D eigenvalue weighted by Gasteiger charge is 2.15. The van der Waals surface area contributed by atoms with Crippen molar-refractivity contribution in [2.75, 3.05) is 0 Å². The van der Waals surface area contributed by atoms with E-state index in [0.717, 1.165) is 17.0 Å². The molecule has 0 radical (unpaired) electrons. The summed E-state index contributed by atoms with van der Waals surface area (Å²) in [5.41, 5.74) is 1.47. The molecule has 0 spiro atoms. The lowest BCUT2D eigenvalue weighted by Crippen LogP contribution is -2.29. The molecule has 0 bridgehead atoms. The third-order valence-electron chi connectivity index (χ3n) is 2.77. The van der Waals surface area contributed by atoms with E-state index < -0.39 is 16.5 Å². The molecule has 0 aliphatic rings. The fourth-order valence-electron chi connectivity index (χ4n) is 1.69. The van der Waals surface area contributed by atoms with Crippen LogP contribution in [0.15, 0.2) is 27.7 Å². The van der Waals surface area contributed by atoms with E-state index in [4.69, 9.17) is 10.3 Å². The zero-order valence-electron chi connectivity index (χ0n) is 10.9. The largest absolute Gasteiger partial charge is 0.456 e. The second-order valence-electron chi connectivity index (χ2n) is 4.15. The number of furan rings is 1. The molecule has 0 aliphatic carbocycles. The van der Waals surface area contributed by atoms with E-state index in [0.29, 0.717) is 11.3 Å². The number of hydrogen-bond donors (Lipinski definition) is 2. The van der Waals surface area contributed by atoms with Gasteiger partial charge in [0.15, 0.2) is 5.76 Å². The van der Waals surface area contributed by atoms with Gasteiger partial charge in [0.05, 0.1) is 17.7 Å². The summed E-state index contributed by atoms with van der Waals surface area (Å²) < 4.78 is 6.25. The molecule has 0 saturated heterocycles. The van der Waals surface area contributed by atoms with Crippen molar-refractivity contribution < 1.29 is 14.1 Å². The lowest BCUT2D eigenvalue weighted by Gasteiger charge is -2.02. The zero-order valence-corrected chi connectivity index (χ0v) is 10.9. The lowest BCUT2D eigenvalue weighted by atomic mass is 10.2. The number of nitrogen functional groups attached to an aromatic ring is 1. The number of hydrazine groups is 1. The Morgan fingerprint density at radius 3 is 2.95 bits per heavy atom. The van der Waals surface area contributed by atoms with Gasteiger partial charge in [0, 0.05) is 5.56 Å². The summed E-state index contributed by atoms with van der Waals surface area (Å²) in [5.74, 6) is 4.75. The van der Waals surface area contributed by atoms with E-state index in [1.807, 2.05) is 5.43 Å². The Labute approximate surface area is 117 Å². The topological polar surface area (TPSA) is 146 Å². The molecule has 0 fully saturated rings. The molecular weight excluding hydrogens is 282 g/mol. The number of carbonyl (C=O) groups excluding carboxylic acids is 1. The van der Waals surface area contributed by atoms with Crippen molar-refractivity contribution in [1.29, 1.82) is 0 Å². The Balaban J connectivity index is 2.36. The van der Waals surface area contributed by atoms with Gasteiger partial charge in [-0.3, -0.25) is 24.9 Å². The second kappa shape index (κ2) is 5.54. The third kappa shape index (κ3) is 2.95. The van der Waals surface area contributed by atoms with Crippen LogP contribution in [0.5, 0.6) is 0 Å². The number of nitro groups is 1. The minimum Gasteiger partial charge on any atom is -0.456 e. The van der Waals surface area contributed by atoms with Crippen molar-refractivity contribution in [1.82, 2.24) is 15.0 Å². The predicted molar refractivity (Wildman–Crippen MR) is 69.4 cm³/mol. The highest BCUT2D eigenvalue weighted by atomic mass is 16.6.